The molecule has 0 radical (unpaired) electrons. The molecule has 6 rings (SSSR count). The van der Waals surface area contributed by atoms with Crippen molar-refractivity contribution < 1.29 is 14.4 Å². The normalized spacial score (nSPS) is 32.3. The summed E-state index contributed by atoms with van der Waals surface area (Å²) in [6.45, 7) is 8.37. The Balaban J connectivity index is 1.32. The van der Waals surface area contributed by atoms with Gasteiger partial charge in [0.05, 0.1) is 12.5 Å². The number of likely N-dealkylation sites (tertiary alicyclic amines) is 1. The van der Waals surface area contributed by atoms with E-state index < -0.39 is 11.5 Å². The van der Waals surface area contributed by atoms with Gasteiger partial charge >= 0.3 is 5.91 Å². The Labute approximate surface area is 243 Å². The molecule has 41 heavy (non-hydrogen) atoms. The predicted octanol–water partition coefficient (Wildman–Crippen LogP) is 4.47. The van der Waals surface area contributed by atoms with Crippen molar-refractivity contribution in [3.63, 3.8) is 0 Å². The average Bonchev–Trinajstić information content (AvgIpc) is 3.39. The lowest BCUT2D eigenvalue weighted by Crippen LogP contribution is -2.69. The number of benzene rings is 1. The number of likely N-dealkylation sites (N-methyl/N-ethyl adjacent to an activating group) is 1. The Morgan fingerprint density at radius 1 is 1.15 bits per heavy atom. The van der Waals surface area contributed by atoms with Gasteiger partial charge in [-0.2, -0.15) is 5.10 Å². The summed E-state index contributed by atoms with van der Waals surface area (Å²) in [4.78, 5) is 41.6. The second-order valence-electron chi connectivity index (χ2n) is 14.3. The van der Waals surface area contributed by atoms with Gasteiger partial charge in [-0.15, -0.1) is 0 Å². The van der Waals surface area contributed by atoms with Gasteiger partial charge in [-0.3, -0.25) is 14.3 Å². The Morgan fingerprint density at radius 2 is 1.85 bits per heavy atom. The molecule has 4 aliphatic rings. The molecule has 3 saturated carbocycles. The van der Waals surface area contributed by atoms with Crippen molar-refractivity contribution in [1.29, 1.82) is 0 Å². The molecule has 4 fully saturated rings. The summed E-state index contributed by atoms with van der Waals surface area (Å²) in [5.74, 6) is 0.932. The number of quaternary nitrogens is 1. The number of aromatic nitrogens is 2. The molecule has 8 nitrogen and oxygen atoms in total. The zero-order valence-electron chi connectivity index (χ0n) is 25.4. The number of piperidine rings is 1. The van der Waals surface area contributed by atoms with E-state index in [1.54, 1.807) is 24.0 Å². The SMILES string of the molecule is CC(NC(=O)C(C)(C)c1cccc([N+]2(C)C(=O)[C@@H](NC(=O)c3ccnn3C)C(C3CCC3)C3(C)CC32)c1)C1CCC1. The molecule has 220 valence electrons. The molecule has 0 spiro atoms. The number of carbonyl (C=O) groups is 3. The minimum Gasteiger partial charge on any atom is -0.353 e. The minimum absolute atomic E-state index is 0.0179. The summed E-state index contributed by atoms with van der Waals surface area (Å²) in [6.07, 6.45) is 9.55. The number of amides is 3. The van der Waals surface area contributed by atoms with Gasteiger partial charge < -0.3 is 10.6 Å². The number of hydrogen-bond acceptors (Lipinski definition) is 4. The van der Waals surface area contributed by atoms with Crippen LogP contribution >= 0.6 is 0 Å². The van der Waals surface area contributed by atoms with Crippen LogP contribution in [0.3, 0.4) is 0 Å². The minimum atomic E-state index is -0.750. The number of nitrogens with one attached hydrogen (secondary N) is 2. The monoisotopic (exact) mass is 560 g/mol. The maximum Gasteiger partial charge on any atom is 0.341 e. The van der Waals surface area contributed by atoms with Gasteiger partial charge in [-0.05, 0) is 63.1 Å². The van der Waals surface area contributed by atoms with E-state index in [9.17, 15) is 14.4 Å². The lowest BCUT2D eigenvalue weighted by Gasteiger charge is -2.49. The lowest BCUT2D eigenvalue weighted by atomic mass is 9.64. The maximum atomic E-state index is 14.7. The maximum absolute atomic E-state index is 14.7. The van der Waals surface area contributed by atoms with Crippen LogP contribution in [0.4, 0.5) is 5.69 Å². The first kappa shape index (κ1) is 28.1. The third kappa shape index (κ3) is 4.36. The first-order chi connectivity index (χ1) is 19.4. The van der Waals surface area contributed by atoms with Gasteiger partial charge in [0.1, 0.15) is 23.5 Å². The first-order valence-corrected chi connectivity index (χ1v) is 15.5. The van der Waals surface area contributed by atoms with Gasteiger partial charge in [-0.1, -0.05) is 44.7 Å². The summed E-state index contributed by atoms with van der Waals surface area (Å²) < 4.78 is 1.69. The van der Waals surface area contributed by atoms with Crippen LogP contribution < -0.4 is 15.1 Å². The molecule has 1 aromatic heterocycles. The fraction of sp³-hybridized carbons (Fsp3) is 0.636. The largest absolute Gasteiger partial charge is 0.353 e. The van der Waals surface area contributed by atoms with Crippen LogP contribution in [0.5, 0.6) is 0 Å². The van der Waals surface area contributed by atoms with E-state index in [4.69, 9.17) is 0 Å². The number of aryl methyl sites for hydroxylation is 1. The Morgan fingerprint density at radius 3 is 2.44 bits per heavy atom. The molecule has 3 amide bonds. The quantitative estimate of drug-likeness (QED) is 0.466. The van der Waals surface area contributed by atoms with E-state index in [0.717, 1.165) is 30.5 Å². The van der Waals surface area contributed by atoms with E-state index in [0.29, 0.717) is 17.5 Å². The summed E-state index contributed by atoms with van der Waals surface area (Å²) in [6, 6.07) is 9.49. The van der Waals surface area contributed by atoms with Crippen molar-refractivity contribution in [1.82, 2.24) is 24.9 Å². The molecule has 2 aromatic rings. The van der Waals surface area contributed by atoms with Crippen molar-refractivity contribution in [3.05, 3.63) is 47.8 Å². The van der Waals surface area contributed by atoms with Crippen molar-refractivity contribution in [2.24, 2.45) is 30.2 Å². The van der Waals surface area contributed by atoms with E-state index in [1.807, 2.05) is 39.1 Å². The predicted molar refractivity (Wildman–Crippen MR) is 159 cm³/mol. The Hall–Kier alpha value is -3.00. The van der Waals surface area contributed by atoms with E-state index in [1.165, 1.54) is 25.7 Å². The third-order valence-electron chi connectivity index (χ3n) is 11.6. The number of hydrogen-bond donors (Lipinski definition) is 2. The van der Waals surface area contributed by atoms with E-state index >= 15 is 0 Å². The van der Waals surface area contributed by atoms with Crippen molar-refractivity contribution in [2.45, 2.75) is 96.2 Å². The number of carbonyl (C=O) groups excluding carboxylic acids is 3. The van der Waals surface area contributed by atoms with Crippen LogP contribution in [0.1, 0.15) is 88.7 Å². The zero-order valence-corrected chi connectivity index (χ0v) is 25.4. The molecule has 1 aliphatic heterocycles. The molecule has 2 heterocycles. The van der Waals surface area contributed by atoms with Crippen LogP contribution in [0.2, 0.25) is 0 Å². The van der Waals surface area contributed by atoms with Gasteiger partial charge in [-0.25, -0.2) is 9.28 Å². The molecule has 3 aliphatic carbocycles. The second kappa shape index (κ2) is 9.79. The fourth-order valence-corrected chi connectivity index (χ4v) is 8.10. The van der Waals surface area contributed by atoms with Gasteiger partial charge in [0.2, 0.25) is 5.91 Å². The van der Waals surface area contributed by atoms with Crippen LogP contribution in [-0.2, 0) is 22.1 Å². The van der Waals surface area contributed by atoms with Crippen LogP contribution in [-0.4, -0.2) is 52.7 Å². The zero-order chi connectivity index (χ0) is 29.3. The first-order valence-electron chi connectivity index (χ1n) is 15.5. The van der Waals surface area contributed by atoms with Crippen LogP contribution in [0.25, 0.3) is 0 Å². The van der Waals surface area contributed by atoms with Crippen molar-refractivity contribution in [2.75, 3.05) is 7.05 Å². The number of nitrogens with zero attached hydrogens (tertiary/aromatic N) is 3. The van der Waals surface area contributed by atoms with Crippen LogP contribution in [0.15, 0.2) is 36.5 Å². The molecule has 1 aromatic carbocycles. The number of fused-ring (bicyclic) bond motifs is 1. The summed E-state index contributed by atoms with van der Waals surface area (Å²) >= 11 is 0. The highest BCUT2D eigenvalue weighted by atomic mass is 16.2. The van der Waals surface area contributed by atoms with Gasteiger partial charge in [0.15, 0.2) is 0 Å². The molecular formula is C33H46N5O3+. The standard InChI is InChI=1S/C33H45N5O3/c1-20(21-10-7-11-21)35-31(41)32(2,3)23-14-9-15-24(18-23)38(6)26-19-33(26,4)27(22-12-8-13-22)28(30(38)40)36-29(39)25-16-17-34-37(25)5/h9,14-18,20-22,26-28H,7-8,10-13,19H2,1-6H3,(H-,35,36,39,41)/p+1/t20?,26?,27?,28-,33?,38?/m0/s1. The summed E-state index contributed by atoms with van der Waals surface area (Å²) in [7, 11) is 3.76. The average molecular weight is 561 g/mol. The highest BCUT2D eigenvalue weighted by Crippen LogP contribution is 2.65. The molecule has 2 N–H and O–H groups in total. The number of rotatable bonds is 8. The summed E-state index contributed by atoms with van der Waals surface area (Å²) in [5, 5.41) is 10.6. The van der Waals surface area contributed by atoms with E-state index in [2.05, 4.69) is 35.6 Å². The van der Waals surface area contributed by atoms with Crippen LogP contribution in [0, 0.1) is 23.2 Å². The topological polar surface area (TPSA) is 93.1 Å². The molecule has 5 unspecified atom stereocenters. The molecular weight excluding hydrogens is 514 g/mol. The van der Waals surface area contributed by atoms with Gasteiger partial charge in [0.25, 0.3) is 5.91 Å². The molecule has 6 atom stereocenters. The fourth-order valence-electron chi connectivity index (χ4n) is 8.10. The Bertz CT molecular complexity index is 1370. The highest BCUT2D eigenvalue weighted by molar-refractivity contribution is 6.01. The molecule has 1 saturated heterocycles. The Kier molecular flexibility index (Phi) is 6.72. The van der Waals surface area contributed by atoms with E-state index in [-0.39, 0.29) is 45.6 Å². The third-order valence-corrected chi connectivity index (χ3v) is 11.6. The second-order valence-corrected chi connectivity index (χ2v) is 14.3. The summed E-state index contributed by atoms with van der Waals surface area (Å²) in [5.41, 5.74) is 1.45. The highest BCUT2D eigenvalue weighted by Gasteiger charge is 2.75. The van der Waals surface area contributed by atoms with Gasteiger partial charge in [0, 0.05) is 43.1 Å². The van der Waals surface area contributed by atoms with Crippen molar-refractivity contribution in [3.8, 4) is 0 Å². The molecule has 8 heteroatoms. The van der Waals surface area contributed by atoms with Crippen molar-refractivity contribution >= 4 is 23.4 Å². The lowest BCUT2D eigenvalue weighted by molar-refractivity contribution is -0.140. The molecule has 0 bridgehead atoms. The smallest absolute Gasteiger partial charge is 0.341 e.